The minimum atomic E-state index is -4.32. The van der Waals surface area contributed by atoms with E-state index in [4.69, 9.17) is 0 Å². The maximum Gasteiger partial charge on any atom is 0.416 e. The lowest BCUT2D eigenvalue weighted by atomic mass is 10.1. The van der Waals surface area contributed by atoms with Crippen molar-refractivity contribution < 1.29 is 13.2 Å². The number of hydrogen-bond donors (Lipinski definition) is 0. The van der Waals surface area contributed by atoms with Gasteiger partial charge in [-0.05, 0) is 17.4 Å². The van der Waals surface area contributed by atoms with E-state index in [0.717, 1.165) is 16.2 Å². The van der Waals surface area contributed by atoms with Crippen molar-refractivity contribution in [1.82, 2.24) is 10.2 Å². The largest absolute Gasteiger partial charge is 0.416 e. The molecule has 108 valence electrons. The first-order chi connectivity index (χ1) is 9.50. The number of halogens is 3. The zero-order valence-corrected chi connectivity index (χ0v) is 12.9. The number of aromatic nitrogens is 2. The monoisotopic (exact) mass is 336 g/mol. The molecule has 1 aromatic carbocycles. The fraction of sp³-hybridized carbons (Fsp3) is 0.333. The van der Waals surface area contributed by atoms with E-state index in [9.17, 15) is 13.2 Å². The second kappa shape index (κ2) is 6.82. The molecule has 8 heteroatoms. The van der Waals surface area contributed by atoms with Gasteiger partial charge in [0.05, 0.1) is 5.56 Å². The van der Waals surface area contributed by atoms with Gasteiger partial charge in [0.25, 0.3) is 0 Å². The van der Waals surface area contributed by atoms with Gasteiger partial charge >= 0.3 is 6.18 Å². The minimum Gasteiger partial charge on any atom is -0.166 e. The summed E-state index contributed by atoms with van der Waals surface area (Å²) in [5.74, 6) is 1.14. The summed E-state index contributed by atoms with van der Waals surface area (Å²) < 4.78 is 40.1. The molecule has 0 spiro atoms. The summed E-state index contributed by atoms with van der Waals surface area (Å²) in [4.78, 5) is 0. The molecule has 0 aliphatic rings. The van der Waals surface area contributed by atoms with E-state index in [1.165, 1.54) is 35.2 Å². The van der Waals surface area contributed by atoms with Crippen molar-refractivity contribution in [2.24, 2.45) is 0 Å². The minimum absolute atomic E-state index is 0.237. The lowest BCUT2D eigenvalue weighted by Gasteiger charge is -2.11. The Morgan fingerprint density at radius 1 is 1.10 bits per heavy atom. The van der Waals surface area contributed by atoms with E-state index in [0.29, 0.717) is 4.34 Å². The van der Waals surface area contributed by atoms with Crippen molar-refractivity contribution in [2.75, 3.05) is 5.75 Å². The summed E-state index contributed by atoms with van der Waals surface area (Å²) in [6, 6.07) is 5.62. The molecule has 0 bridgehead atoms. The van der Waals surface area contributed by atoms with Crippen molar-refractivity contribution in [3.63, 3.8) is 0 Å². The molecule has 0 saturated carbocycles. The molecule has 0 radical (unpaired) electrons. The number of benzene rings is 1. The van der Waals surface area contributed by atoms with Crippen LogP contribution in [0.25, 0.3) is 0 Å². The molecule has 0 amide bonds. The van der Waals surface area contributed by atoms with Gasteiger partial charge in [-0.25, -0.2) is 0 Å². The van der Waals surface area contributed by atoms with Crippen molar-refractivity contribution in [3.8, 4) is 0 Å². The Balaban J connectivity index is 2.07. The van der Waals surface area contributed by atoms with Gasteiger partial charge in [0.2, 0.25) is 0 Å². The highest BCUT2D eigenvalue weighted by Gasteiger charge is 2.32. The second-order valence-corrected chi connectivity index (χ2v) is 7.42. The molecular weight excluding hydrogens is 325 g/mol. The van der Waals surface area contributed by atoms with Crippen LogP contribution in [-0.2, 0) is 11.9 Å². The van der Waals surface area contributed by atoms with Gasteiger partial charge in [0, 0.05) is 5.75 Å². The van der Waals surface area contributed by atoms with Crippen LogP contribution in [0.15, 0.2) is 32.9 Å². The first kappa shape index (κ1) is 15.7. The van der Waals surface area contributed by atoms with E-state index in [2.05, 4.69) is 10.2 Å². The lowest BCUT2D eigenvalue weighted by molar-refractivity contribution is -0.138. The Labute approximate surface area is 127 Å². The quantitative estimate of drug-likeness (QED) is 0.721. The highest BCUT2D eigenvalue weighted by atomic mass is 32.2. The van der Waals surface area contributed by atoms with Gasteiger partial charge in [-0.3, -0.25) is 0 Å². The maximum absolute atomic E-state index is 12.8. The first-order valence-electron chi connectivity index (χ1n) is 5.75. The molecule has 0 atom stereocenters. The Morgan fingerprint density at radius 3 is 2.40 bits per heavy atom. The Morgan fingerprint density at radius 2 is 1.75 bits per heavy atom. The van der Waals surface area contributed by atoms with E-state index >= 15 is 0 Å². The lowest BCUT2D eigenvalue weighted by Crippen LogP contribution is -2.08. The van der Waals surface area contributed by atoms with Crippen molar-refractivity contribution in [3.05, 3.63) is 35.4 Å². The summed E-state index contributed by atoms with van der Waals surface area (Å²) >= 11 is 4.27. The normalized spacial score (nSPS) is 11.8. The standard InChI is InChI=1S/C12H11F3N2S3/c1-2-18-10-16-17-11(20-10)19-7-8-5-3-4-6-9(8)12(13,14)15/h3-6H,2,7H2,1H3. The summed E-state index contributed by atoms with van der Waals surface area (Å²) in [6.45, 7) is 2.01. The average Bonchev–Trinajstić information content (AvgIpc) is 2.84. The predicted molar refractivity (Wildman–Crippen MR) is 77.3 cm³/mol. The van der Waals surface area contributed by atoms with E-state index in [1.807, 2.05) is 6.92 Å². The second-order valence-electron chi connectivity index (χ2n) is 3.71. The van der Waals surface area contributed by atoms with Crippen LogP contribution in [0.5, 0.6) is 0 Å². The molecule has 0 aliphatic carbocycles. The number of hydrogen-bond acceptors (Lipinski definition) is 5. The van der Waals surface area contributed by atoms with E-state index < -0.39 is 11.7 Å². The van der Waals surface area contributed by atoms with Gasteiger partial charge in [0.1, 0.15) is 0 Å². The van der Waals surface area contributed by atoms with E-state index in [1.54, 1.807) is 17.8 Å². The van der Waals surface area contributed by atoms with Crippen LogP contribution in [0.1, 0.15) is 18.1 Å². The van der Waals surface area contributed by atoms with Crippen LogP contribution in [0, 0.1) is 0 Å². The molecule has 0 fully saturated rings. The molecule has 2 nitrogen and oxygen atoms in total. The number of rotatable bonds is 5. The first-order valence-corrected chi connectivity index (χ1v) is 8.53. The average molecular weight is 336 g/mol. The van der Waals surface area contributed by atoms with Gasteiger partial charge < -0.3 is 0 Å². The smallest absolute Gasteiger partial charge is 0.166 e. The third-order valence-corrected chi connectivity index (χ3v) is 5.45. The number of alkyl halides is 3. The van der Waals surface area contributed by atoms with Crippen molar-refractivity contribution in [1.29, 1.82) is 0 Å². The SMILES string of the molecule is CCSc1nnc(SCc2ccccc2C(F)(F)F)s1. The summed E-state index contributed by atoms with van der Waals surface area (Å²) in [6.07, 6.45) is -4.32. The number of nitrogens with zero attached hydrogens (tertiary/aromatic N) is 2. The molecule has 1 aromatic heterocycles. The van der Waals surface area contributed by atoms with Gasteiger partial charge in [0.15, 0.2) is 8.68 Å². The zero-order valence-electron chi connectivity index (χ0n) is 10.5. The topological polar surface area (TPSA) is 25.8 Å². The van der Waals surface area contributed by atoms with Crippen molar-refractivity contribution in [2.45, 2.75) is 27.5 Å². The molecule has 20 heavy (non-hydrogen) atoms. The molecule has 1 heterocycles. The van der Waals surface area contributed by atoms with Crippen LogP contribution in [0.3, 0.4) is 0 Å². The molecule has 0 saturated heterocycles. The highest BCUT2D eigenvalue weighted by Crippen LogP contribution is 2.36. The predicted octanol–water partition coefficient (Wildman–Crippen LogP) is 4.96. The Bertz CT molecular complexity index is 569. The summed E-state index contributed by atoms with van der Waals surface area (Å²) in [7, 11) is 0. The fourth-order valence-electron chi connectivity index (χ4n) is 1.50. The molecule has 2 aromatic rings. The van der Waals surface area contributed by atoms with Gasteiger partial charge in [-0.15, -0.1) is 10.2 Å². The molecule has 2 rings (SSSR count). The molecule has 0 aliphatic heterocycles. The van der Waals surface area contributed by atoms with Gasteiger partial charge in [-0.2, -0.15) is 13.2 Å². The van der Waals surface area contributed by atoms with Crippen molar-refractivity contribution >= 4 is 34.9 Å². The third-order valence-electron chi connectivity index (χ3n) is 2.33. The summed E-state index contributed by atoms with van der Waals surface area (Å²) in [5, 5.41) is 7.95. The Kier molecular flexibility index (Phi) is 5.34. The highest BCUT2D eigenvalue weighted by molar-refractivity contribution is 8.02. The van der Waals surface area contributed by atoms with Crippen LogP contribution in [-0.4, -0.2) is 16.0 Å². The van der Waals surface area contributed by atoms with E-state index in [-0.39, 0.29) is 11.3 Å². The Hall–Kier alpha value is -0.730. The van der Waals surface area contributed by atoms with Crippen LogP contribution < -0.4 is 0 Å². The molecule has 0 N–H and O–H groups in total. The maximum atomic E-state index is 12.8. The van der Waals surface area contributed by atoms with Crippen LogP contribution in [0.4, 0.5) is 13.2 Å². The van der Waals surface area contributed by atoms with Crippen LogP contribution in [0.2, 0.25) is 0 Å². The third kappa shape index (κ3) is 4.13. The van der Waals surface area contributed by atoms with Gasteiger partial charge in [-0.1, -0.05) is 60.0 Å². The molecule has 0 unspecified atom stereocenters. The fourth-order valence-corrected chi connectivity index (χ4v) is 4.42. The molecular formula is C12H11F3N2S3. The number of thioether (sulfide) groups is 2. The van der Waals surface area contributed by atoms with Crippen LogP contribution >= 0.6 is 34.9 Å². The summed E-state index contributed by atoms with van der Waals surface area (Å²) in [5.41, 5.74) is -0.315. The zero-order chi connectivity index (χ0) is 14.6.